The molecule has 2 unspecified atom stereocenters. The number of rotatable bonds is 4. The molecule has 1 spiro atoms. The third-order valence-corrected chi connectivity index (χ3v) is 6.10. The van der Waals surface area contributed by atoms with Gasteiger partial charge in [0.15, 0.2) is 0 Å². The van der Waals surface area contributed by atoms with Gasteiger partial charge in [-0.05, 0) is 37.2 Å². The minimum Gasteiger partial charge on any atom is -0.378 e. The number of ether oxygens (including phenoxy) is 3. The lowest BCUT2D eigenvalue weighted by molar-refractivity contribution is -0.0964. The van der Waals surface area contributed by atoms with Crippen LogP contribution in [0.15, 0.2) is 0 Å². The predicted octanol–water partition coefficient (Wildman–Crippen LogP) is 1.83. The van der Waals surface area contributed by atoms with Gasteiger partial charge in [-0.1, -0.05) is 0 Å². The number of thioether (sulfide) groups is 1. The van der Waals surface area contributed by atoms with Gasteiger partial charge in [0.05, 0.1) is 12.2 Å². The van der Waals surface area contributed by atoms with Crippen molar-refractivity contribution in [2.45, 2.75) is 49.3 Å². The Morgan fingerprint density at radius 3 is 2.80 bits per heavy atom. The van der Waals surface area contributed by atoms with E-state index in [9.17, 15) is 0 Å². The van der Waals surface area contributed by atoms with Crippen LogP contribution in [0.2, 0.25) is 0 Å². The summed E-state index contributed by atoms with van der Waals surface area (Å²) < 4.78 is 17.4. The number of nitrogens with one attached hydrogen (secondary N) is 1. The minimum atomic E-state index is -0.103. The first-order valence-electron chi connectivity index (χ1n) is 7.84. The first kappa shape index (κ1) is 15.1. The van der Waals surface area contributed by atoms with Crippen LogP contribution in [0.25, 0.3) is 0 Å². The Hall–Kier alpha value is 0.190. The second-order valence-corrected chi connectivity index (χ2v) is 7.63. The molecule has 0 amide bonds. The normalized spacial score (nSPS) is 37.4. The van der Waals surface area contributed by atoms with Gasteiger partial charge in [-0.15, -0.1) is 0 Å². The molecule has 3 saturated heterocycles. The highest BCUT2D eigenvalue weighted by Gasteiger charge is 2.40. The summed E-state index contributed by atoms with van der Waals surface area (Å²) in [7, 11) is 1.81. The van der Waals surface area contributed by atoms with Gasteiger partial charge in [0, 0.05) is 39.3 Å². The summed E-state index contributed by atoms with van der Waals surface area (Å²) in [5.74, 6) is 2.51. The fourth-order valence-corrected chi connectivity index (χ4v) is 4.82. The lowest BCUT2D eigenvalue weighted by atomic mass is 9.85. The van der Waals surface area contributed by atoms with Crippen molar-refractivity contribution in [1.29, 1.82) is 0 Å². The highest BCUT2D eigenvalue weighted by atomic mass is 32.2. The Bertz CT molecular complexity index is 309. The molecule has 0 aromatic heterocycles. The van der Waals surface area contributed by atoms with Gasteiger partial charge in [-0.3, -0.25) is 0 Å². The fraction of sp³-hybridized carbons (Fsp3) is 1.00. The first-order chi connectivity index (χ1) is 9.76. The third-order valence-electron chi connectivity index (χ3n) is 5.11. The van der Waals surface area contributed by atoms with Gasteiger partial charge in [0.25, 0.3) is 0 Å². The molecule has 0 saturated carbocycles. The molecular formula is C15H27NO3S. The molecule has 116 valence electrons. The Balaban J connectivity index is 1.52. The van der Waals surface area contributed by atoms with Gasteiger partial charge < -0.3 is 19.5 Å². The summed E-state index contributed by atoms with van der Waals surface area (Å²) in [6.07, 6.45) is 5.72. The second-order valence-electron chi connectivity index (χ2n) is 6.40. The molecule has 2 atom stereocenters. The average Bonchev–Trinajstić information content (AvgIpc) is 2.96. The first-order valence-corrected chi connectivity index (χ1v) is 8.99. The molecule has 3 aliphatic rings. The van der Waals surface area contributed by atoms with Crippen molar-refractivity contribution in [1.82, 2.24) is 5.32 Å². The highest BCUT2D eigenvalue weighted by molar-refractivity contribution is 7.99. The fourth-order valence-electron chi connectivity index (χ4n) is 3.59. The summed E-state index contributed by atoms with van der Waals surface area (Å²) >= 11 is 2.06. The van der Waals surface area contributed by atoms with Crippen LogP contribution in [0.1, 0.15) is 32.1 Å². The molecule has 5 heteroatoms. The average molecular weight is 301 g/mol. The number of methoxy groups -OCH3 is 1. The number of hydrogen-bond acceptors (Lipinski definition) is 5. The third kappa shape index (κ3) is 3.33. The van der Waals surface area contributed by atoms with Crippen LogP contribution in [0.4, 0.5) is 0 Å². The summed E-state index contributed by atoms with van der Waals surface area (Å²) in [6.45, 7) is 3.35. The molecular weight excluding hydrogens is 274 g/mol. The molecule has 3 heterocycles. The van der Waals surface area contributed by atoms with E-state index in [0.29, 0.717) is 6.04 Å². The molecule has 4 nitrogen and oxygen atoms in total. The molecule has 3 aliphatic heterocycles. The lowest BCUT2D eigenvalue weighted by Gasteiger charge is -2.44. The van der Waals surface area contributed by atoms with Crippen molar-refractivity contribution in [3.63, 3.8) is 0 Å². The second kappa shape index (κ2) is 6.53. The van der Waals surface area contributed by atoms with Crippen molar-refractivity contribution in [2.24, 2.45) is 0 Å². The Morgan fingerprint density at radius 1 is 1.25 bits per heavy atom. The van der Waals surface area contributed by atoms with E-state index in [1.54, 1.807) is 7.11 Å². The van der Waals surface area contributed by atoms with E-state index in [4.69, 9.17) is 14.2 Å². The summed E-state index contributed by atoms with van der Waals surface area (Å²) in [6, 6.07) is 0.569. The maximum atomic E-state index is 6.15. The molecule has 0 aliphatic carbocycles. The zero-order valence-corrected chi connectivity index (χ0v) is 13.3. The van der Waals surface area contributed by atoms with E-state index < -0.39 is 0 Å². The van der Waals surface area contributed by atoms with E-state index in [0.717, 1.165) is 45.6 Å². The van der Waals surface area contributed by atoms with Crippen LogP contribution in [0.5, 0.6) is 0 Å². The van der Waals surface area contributed by atoms with Crippen molar-refractivity contribution in [3.8, 4) is 0 Å². The van der Waals surface area contributed by atoms with Crippen LogP contribution >= 0.6 is 11.8 Å². The standard InChI is InChI=1S/C15H27NO3S/c1-17-15(3-7-18-12-15)11-16-13-2-6-19-14(10-13)4-8-20-9-5-14/h13,16H,2-12H2,1H3. The van der Waals surface area contributed by atoms with E-state index in [-0.39, 0.29) is 11.2 Å². The smallest absolute Gasteiger partial charge is 0.106 e. The van der Waals surface area contributed by atoms with E-state index >= 15 is 0 Å². The van der Waals surface area contributed by atoms with Gasteiger partial charge in [0.1, 0.15) is 5.60 Å². The van der Waals surface area contributed by atoms with Crippen LogP contribution in [-0.4, -0.2) is 62.2 Å². The SMILES string of the molecule is COC1(CNC2CCOC3(CCSCC3)C2)CCOC1. The van der Waals surface area contributed by atoms with E-state index in [1.807, 2.05) is 0 Å². The van der Waals surface area contributed by atoms with Crippen LogP contribution in [0, 0.1) is 0 Å². The van der Waals surface area contributed by atoms with Gasteiger partial charge in [-0.25, -0.2) is 0 Å². The number of hydrogen-bond donors (Lipinski definition) is 1. The Labute approximate surface area is 126 Å². The lowest BCUT2D eigenvalue weighted by Crippen LogP contribution is -2.52. The molecule has 20 heavy (non-hydrogen) atoms. The molecule has 1 N–H and O–H groups in total. The van der Waals surface area contributed by atoms with Crippen molar-refractivity contribution < 1.29 is 14.2 Å². The summed E-state index contributed by atoms with van der Waals surface area (Å²) in [4.78, 5) is 0. The highest BCUT2D eigenvalue weighted by Crippen LogP contribution is 2.37. The van der Waals surface area contributed by atoms with Gasteiger partial charge in [0.2, 0.25) is 0 Å². The Morgan fingerprint density at radius 2 is 2.10 bits per heavy atom. The van der Waals surface area contributed by atoms with Crippen LogP contribution in [0.3, 0.4) is 0 Å². The molecule has 0 radical (unpaired) electrons. The van der Waals surface area contributed by atoms with Gasteiger partial charge in [-0.2, -0.15) is 11.8 Å². The van der Waals surface area contributed by atoms with E-state index in [2.05, 4.69) is 17.1 Å². The summed E-state index contributed by atoms with van der Waals surface area (Å²) in [5.41, 5.74) is 0.0570. The summed E-state index contributed by atoms with van der Waals surface area (Å²) in [5, 5.41) is 3.74. The van der Waals surface area contributed by atoms with Crippen molar-refractivity contribution in [2.75, 3.05) is 45.0 Å². The van der Waals surface area contributed by atoms with E-state index in [1.165, 1.54) is 24.3 Å². The molecule has 3 fully saturated rings. The zero-order valence-electron chi connectivity index (χ0n) is 12.5. The van der Waals surface area contributed by atoms with Crippen LogP contribution < -0.4 is 5.32 Å². The predicted molar refractivity (Wildman–Crippen MR) is 81.4 cm³/mol. The Kier molecular flexibility index (Phi) is 4.93. The largest absolute Gasteiger partial charge is 0.378 e. The monoisotopic (exact) mass is 301 g/mol. The van der Waals surface area contributed by atoms with Crippen LogP contribution in [-0.2, 0) is 14.2 Å². The maximum Gasteiger partial charge on any atom is 0.106 e. The maximum absolute atomic E-state index is 6.15. The van der Waals surface area contributed by atoms with Gasteiger partial charge >= 0.3 is 0 Å². The topological polar surface area (TPSA) is 39.7 Å². The quantitative estimate of drug-likeness (QED) is 0.858. The van der Waals surface area contributed by atoms with Crippen molar-refractivity contribution in [3.05, 3.63) is 0 Å². The minimum absolute atomic E-state index is 0.103. The molecule has 3 rings (SSSR count). The molecule has 0 aromatic rings. The van der Waals surface area contributed by atoms with Crippen molar-refractivity contribution >= 4 is 11.8 Å². The molecule has 0 bridgehead atoms. The zero-order chi connectivity index (χ0) is 13.9. The molecule has 0 aromatic carbocycles.